The number of carbonyl (C=O) groups excluding carboxylic acids is 1. The van der Waals surface area contributed by atoms with E-state index in [4.69, 9.17) is 9.47 Å². The number of likely N-dealkylation sites (tertiary alicyclic amines) is 1. The third kappa shape index (κ3) is 2.67. The minimum Gasteiger partial charge on any atom is -0.487 e. The number of aromatic nitrogens is 1. The van der Waals surface area contributed by atoms with Gasteiger partial charge in [-0.1, -0.05) is 0 Å². The number of carbonyl (C=O) groups is 1. The van der Waals surface area contributed by atoms with Gasteiger partial charge in [-0.15, -0.1) is 0 Å². The fourth-order valence-corrected chi connectivity index (χ4v) is 2.05. The van der Waals surface area contributed by atoms with E-state index in [1.165, 1.54) is 7.11 Å². The molecule has 0 spiro atoms. The summed E-state index contributed by atoms with van der Waals surface area (Å²) in [6.45, 7) is 2.55. The summed E-state index contributed by atoms with van der Waals surface area (Å²) < 4.78 is 10.5. The van der Waals surface area contributed by atoms with E-state index in [2.05, 4.69) is 4.98 Å². The highest BCUT2D eigenvalue weighted by atomic mass is 16.5. The predicted molar refractivity (Wildman–Crippen MR) is 61.8 cm³/mol. The number of nitrogens with zero attached hydrogens (tertiary/aromatic N) is 2. The van der Waals surface area contributed by atoms with E-state index in [9.17, 15) is 4.79 Å². The van der Waals surface area contributed by atoms with Crippen molar-refractivity contribution in [3.8, 4) is 5.75 Å². The second kappa shape index (κ2) is 5.03. The summed E-state index contributed by atoms with van der Waals surface area (Å²) in [6, 6.07) is 3.83. The minimum atomic E-state index is -0.296. The van der Waals surface area contributed by atoms with Crippen LogP contribution < -0.4 is 4.74 Å². The summed E-state index contributed by atoms with van der Waals surface area (Å²) in [4.78, 5) is 17.1. The van der Waals surface area contributed by atoms with E-state index in [1.54, 1.807) is 17.3 Å². The Hall–Kier alpha value is -1.78. The molecule has 17 heavy (non-hydrogen) atoms. The van der Waals surface area contributed by atoms with Crippen LogP contribution >= 0.6 is 0 Å². The zero-order chi connectivity index (χ0) is 12.3. The Morgan fingerprint density at radius 1 is 1.59 bits per heavy atom. The van der Waals surface area contributed by atoms with E-state index in [0.717, 1.165) is 12.2 Å². The van der Waals surface area contributed by atoms with Crippen LogP contribution in [0.5, 0.6) is 5.75 Å². The van der Waals surface area contributed by atoms with Crippen LogP contribution in [0.3, 0.4) is 0 Å². The number of rotatable bonds is 2. The van der Waals surface area contributed by atoms with E-state index >= 15 is 0 Å². The van der Waals surface area contributed by atoms with Crippen LogP contribution in [0.2, 0.25) is 0 Å². The molecule has 1 amide bonds. The molecule has 0 aliphatic carbocycles. The Kier molecular flexibility index (Phi) is 3.46. The van der Waals surface area contributed by atoms with Crippen molar-refractivity contribution in [2.24, 2.45) is 0 Å². The first-order valence-electron chi connectivity index (χ1n) is 5.62. The molecule has 1 aromatic heterocycles. The lowest BCUT2D eigenvalue weighted by molar-refractivity contribution is 0.117. The maximum atomic E-state index is 11.5. The fraction of sp³-hybridized carbons (Fsp3) is 0.500. The lowest BCUT2D eigenvalue weighted by Crippen LogP contribution is -2.34. The number of amides is 1. The summed E-state index contributed by atoms with van der Waals surface area (Å²) >= 11 is 0. The summed E-state index contributed by atoms with van der Waals surface area (Å²) in [7, 11) is 1.39. The molecule has 1 fully saturated rings. The molecule has 1 saturated heterocycles. The molecule has 0 radical (unpaired) electrons. The molecule has 0 aromatic carbocycles. The van der Waals surface area contributed by atoms with Gasteiger partial charge < -0.3 is 14.4 Å². The van der Waals surface area contributed by atoms with Gasteiger partial charge in [0.2, 0.25) is 0 Å². The average Bonchev–Trinajstić information content (AvgIpc) is 2.70. The molecule has 2 heterocycles. The van der Waals surface area contributed by atoms with Gasteiger partial charge in [0, 0.05) is 18.7 Å². The molecule has 1 aromatic rings. The van der Waals surface area contributed by atoms with Crippen LogP contribution in [0.4, 0.5) is 4.79 Å². The van der Waals surface area contributed by atoms with Gasteiger partial charge in [0.15, 0.2) is 0 Å². The maximum absolute atomic E-state index is 11.5. The van der Waals surface area contributed by atoms with Crippen molar-refractivity contribution >= 4 is 6.09 Å². The average molecular weight is 236 g/mol. The van der Waals surface area contributed by atoms with Crippen LogP contribution in [0.15, 0.2) is 24.5 Å². The summed E-state index contributed by atoms with van der Waals surface area (Å²) in [6.07, 6.45) is 3.89. The van der Waals surface area contributed by atoms with Gasteiger partial charge >= 0.3 is 6.09 Å². The number of methoxy groups -OCH3 is 1. The van der Waals surface area contributed by atoms with Crippen LogP contribution in [-0.2, 0) is 4.74 Å². The van der Waals surface area contributed by atoms with Gasteiger partial charge in [0.25, 0.3) is 0 Å². The van der Waals surface area contributed by atoms with Crippen molar-refractivity contribution < 1.29 is 14.3 Å². The van der Waals surface area contributed by atoms with E-state index < -0.39 is 0 Å². The van der Waals surface area contributed by atoms with Gasteiger partial charge in [-0.2, -0.15) is 0 Å². The van der Waals surface area contributed by atoms with Crippen molar-refractivity contribution in [2.45, 2.75) is 25.5 Å². The molecule has 0 bridgehead atoms. The first-order valence-corrected chi connectivity index (χ1v) is 5.62. The van der Waals surface area contributed by atoms with Gasteiger partial charge in [-0.25, -0.2) is 4.79 Å². The first-order chi connectivity index (χ1) is 8.20. The predicted octanol–water partition coefficient (Wildman–Crippen LogP) is 1.69. The Morgan fingerprint density at radius 3 is 3.06 bits per heavy atom. The second-order valence-corrected chi connectivity index (χ2v) is 4.14. The molecule has 1 aliphatic heterocycles. The van der Waals surface area contributed by atoms with E-state index in [0.29, 0.717) is 6.54 Å². The SMILES string of the molecule is COC(=O)N1C[C@@H](Oc2cccnc2)C[C@H]1C. The van der Waals surface area contributed by atoms with Crippen LogP contribution in [-0.4, -0.2) is 41.8 Å². The van der Waals surface area contributed by atoms with Crippen molar-refractivity contribution in [2.75, 3.05) is 13.7 Å². The second-order valence-electron chi connectivity index (χ2n) is 4.14. The first kappa shape index (κ1) is 11.7. The molecular formula is C12H16N2O3. The topological polar surface area (TPSA) is 51.7 Å². The standard InChI is InChI=1S/C12H16N2O3/c1-9-6-11(8-14(9)12(15)16-2)17-10-4-3-5-13-7-10/h3-5,7,9,11H,6,8H2,1-2H3/t9-,11+/m1/s1. The quantitative estimate of drug-likeness (QED) is 0.784. The number of pyridine rings is 1. The van der Waals surface area contributed by atoms with Crippen LogP contribution in [0.25, 0.3) is 0 Å². The number of ether oxygens (including phenoxy) is 2. The maximum Gasteiger partial charge on any atom is 0.409 e. The van der Waals surface area contributed by atoms with Crippen LogP contribution in [0.1, 0.15) is 13.3 Å². The Labute approximate surface area is 100 Å². The molecule has 0 unspecified atom stereocenters. The largest absolute Gasteiger partial charge is 0.487 e. The molecule has 5 heteroatoms. The molecule has 2 rings (SSSR count). The summed E-state index contributed by atoms with van der Waals surface area (Å²) in [5.41, 5.74) is 0. The monoisotopic (exact) mass is 236 g/mol. The molecule has 2 atom stereocenters. The van der Waals surface area contributed by atoms with Crippen molar-refractivity contribution in [1.29, 1.82) is 0 Å². The van der Waals surface area contributed by atoms with Gasteiger partial charge in [0.05, 0.1) is 19.9 Å². The van der Waals surface area contributed by atoms with Gasteiger partial charge in [0.1, 0.15) is 11.9 Å². The van der Waals surface area contributed by atoms with Crippen LogP contribution in [0, 0.1) is 0 Å². The van der Waals surface area contributed by atoms with E-state index in [1.807, 2.05) is 19.1 Å². The fourth-order valence-electron chi connectivity index (χ4n) is 2.05. The zero-order valence-corrected chi connectivity index (χ0v) is 10.00. The Bertz CT molecular complexity index is 383. The van der Waals surface area contributed by atoms with Crippen molar-refractivity contribution in [3.05, 3.63) is 24.5 Å². The highest BCUT2D eigenvalue weighted by Crippen LogP contribution is 2.22. The Balaban J connectivity index is 1.95. The lowest BCUT2D eigenvalue weighted by Gasteiger charge is -2.18. The third-order valence-electron chi connectivity index (χ3n) is 2.88. The smallest absolute Gasteiger partial charge is 0.409 e. The molecule has 0 saturated carbocycles. The molecule has 92 valence electrons. The highest BCUT2D eigenvalue weighted by molar-refractivity contribution is 5.68. The van der Waals surface area contributed by atoms with Crippen molar-refractivity contribution in [3.63, 3.8) is 0 Å². The summed E-state index contributed by atoms with van der Waals surface area (Å²) in [5, 5.41) is 0. The lowest BCUT2D eigenvalue weighted by atomic mass is 10.2. The van der Waals surface area contributed by atoms with Crippen molar-refractivity contribution in [1.82, 2.24) is 9.88 Å². The van der Waals surface area contributed by atoms with Gasteiger partial charge in [-0.3, -0.25) is 4.98 Å². The molecular weight excluding hydrogens is 220 g/mol. The normalized spacial score (nSPS) is 23.5. The Morgan fingerprint density at radius 2 is 2.41 bits per heavy atom. The molecule has 1 aliphatic rings. The number of hydrogen-bond donors (Lipinski definition) is 0. The third-order valence-corrected chi connectivity index (χ3v) is 2.88. The number of hydrogen-bond acceptors (Lipinski definition) is 4. The molecule has 0 N–H and O–H groups in total. The summed E-state index contributed by atoms with van der Waals surface area (Å²) in [5.74, 6) is 0.733. The van der Waals surface area contributed by atoms with Gasteiger partial charge in [-0.05, 0) is 19.1 Å². The zero-order valence-electron chi connectivity index (χ0n) is 10.00. The van der Waals surface area contributed by atoms with E-state index in [-0.39, 0.29) is 18.2 Å². The minimum absolute atomic E-state index is 0.00769. The molecule has 5 nitrogen and oxygen atoms in total. The highest BCUT2D eigenvalue weighted by Gasteiger charge is 2.34.